The predicted molar refractivity (Wildman–Crippen MR) is 51.6 cm³/mol. The van der Waals surface area contributed by atoms with Crippen LogP contribution in [-0.4, -0.2) is 18.5 Å². The molecule has 0 atom stereocenters. The van der Waals surface area contributed by atoms with Crippen molar-refractivity contribution in [1.29, 1.82) is 0 Å². The standard InChI is InChI=1S/C6H3BrClF2NO3S/c7-5-4(12)3(15(8,13)14)1-2(11-5)6(9)10/h1,6,12H. The van der Waals surface area contributed by atoms with Gasteiger partial charge in [0.15, 0.2) is 5.75 Å². The summed E-state index contributed by atoms with van der Waals surface area (Å²) in [5.41, 5.74) is -0.793. The van der Waals surface area contributed by atoms with E-state index in [1.807, 2.05) is 0 Å². The highest BCUT2D eigenvalue weighted by Gasteiger charge is 2.23. The first-order chi connectivity index (χ1) is 6.73. The third-order valence-electron chi connectivity index (χ3n) is 1.42. The Hall–Kier alpha value is -0.470. The maximum absolute atomic E-state index is 12.2. The topological polar surface area (TPSA) is 67.3 Å². The number of aromatic nitrogens is 1. The molecule has 1 aromatic heterocycles. The summed E-state index contributed by atoms with van der Waals surface area (Å²) in [6.07, 6.45) is -2.96. The van der Waals surface area contributed by atoms with E-state index < -0.39 is 36.4 Å². The first-order valence-corrected chi connectivity index (χ1v) is 6.46. The molecule has 0 radical (unpaired) electrons. The number of hydrogen-bond acceptors (Lipinski definition) is 4. The van der Waals surface area contributed by atoms with Crippen LogP contribution in [0.5, 0.6) is 5.75 Å². The Kier molecular flexibility index (Phi) is 3.51. The van der Waals surface area contributed by atoms with Gasteiger partial charge in [0.1, 0.15) is 15.2 Å². The van der Waals surface area contributed by atoms with E-state index in [1.165, 1.54) is 0 Å². The molecule has 0 unspecified atom stereocenters. The largest absolute Gasteiger partial charge is 0.504 e. The quantitative estimate of drug-likeness (QED) is 0.671. The van der Waals surface area contributed by atoms with Crippen molar-refractivity contribution in [2.24, 2.45) is 0 Å². The number of hydrogen-bond donors (Lipinski definition) is 1. The monoisotopic (exact) mass is 321 g/mol. The second-order valence-electron chi connectivity index (χ2n) is 2.42. The Balaban J connectivity index is 3.52. The van der Waals surface area contributed by atoms with E-state index in [9.17, 15) is 22.3 Å². The average molecular weight is 323 g/mol. The molecular formula is C6H3BrClF2NO3S. The van der Waals surface area contributed by atoms with Crippen LogP contribution in [0.3, 0.4) is 0 Å². The van der Waals surface area contributed by atoms with E-state index >= 15 is 0 Å². The van der Waals surface area contributed by atoms with Crippen LogP contribution in [0.4, 0.5) is 8.78 Å². The zero-order valence-corrected chi connectivity index (χ0v) is 9.94. The second kappa shape index (κ2) is 4.18. The van der Waals surface area contributed by atoms with Crippen molar-refractivity contribution in [2.75, 3.05) is 0 Å². The van der Waals surface area contributed by atoms with Crippen LogP contribution in [0, 0.1) is 0 Å². The minimum Gasteiger partial charge on any atom is -0.504 e. The molecule has 1 heterocycles. The minimum atomic E-state index is -4.29. The third kappa shape index (κ3) is 2.76. The molecule has 0 aliphatic rings. The molecule has 1 rings (SSSR count). The molecule has 4 nitrogen and oxygen atoms in total. The lowest BCUT2D eigenvalue weighted by Gasteiger charge is -2.05. The summed E-state index contributed by atoms with van der Waals surface area (Å²) in [5, 5.41) is 9.22. The fourth-order valence-electron chi connectivity index (χ4n) is 0.801. The fraction of sp³-hybridized carbons (Fsp3) is 0.167. The molecule has 1 aromatic rings. The van der Waals surface area contributed by atoms with Crippen molar-refractivity contribution in [3.63, 3.8) is 0 Å². The summed E-state index contributed by atoms with van der Waals surface area (Å²) < 4.78 is 45.9. The van der Waals surface area contributed by atoms with Gasteiger partial charge in [-0.3, -0.25) is 0 Å². The second-order valence-corrected chi connectivity index (χ2v) is 5.71. The van der Waals surface area contributed by atoms with Gasteiger partial charge in [-0.1, -0.05) is 0 Å². The summed E-state index contributed by atoms with van der Waals surface area (Å²) in [6.45, 7) is 0. The third-order valence-corrected chi connectivity index (χ3v) is 3.31. The lowest BCUT2D eigenvalue weighted by atomic mass is 10.3. The Morgan fingerprint density at radius 1 is 1.53 bits per heavy atom. The van der Waals surface area contributed by atoms with Crippen molar-refractivity contribution < 1.29 is 22.3 Å². The van der Waals surface area contributed by atoms with Gasteiger partial charge in [0.25, 0.3) is 15.5 Å². The molecule has 9 heteroatoms. The van der Waals surface area contributed by atoms with E-state index in [-0.39, 0.29) is 0 Å². The molecule has 0 aliphatic carbocycles. The van der Waals surface area contributed by atoms with Crippen LogP contribution >= 0.6 is 26.6 Å². The first-order valence-electron chi connectivity index (χ1n) is 3.35. The van der Waals surface area contributed by atoms with Crippen molar-refractivity contribution in [2.45, 2.75) is 11.3 Å². The molecule has 0 bridgehead atoms. The first kappa shape index (κ1) is 12.6. The van der Waals surface area contributed by atoms with E-state index in [4.69, 9.17) is 10.7 Å². The lowest BCUT2D eigenvalue weighted by molar-refractivity contribution is 0.145. The Bertz CT molecular complexity index is 493. The Morgan fingerprint density at radius 3 is 2.47 bits per heavy atom. The summed E-state index contributed by atoms with van der Waals surface area (Å²) in [4.78, 5) is 2.44. The van der Waals surface area contributed by atoms with Crippen LogP contribution in [0.1, 0.15) is 12.1 Å². The minimum absolute atomic E-state index is 0.403. The van der Waals surface area contributed by atoms with Crippen molar-refractivity contribution in [3.8, 4) is 5.75 Å². The number of pyridine rings is 1. The van der Waals surface area contributed by atoms with Gasteiger partial charge in [0, 0.05) is 10.7 Å². The summed E-state index contributed by atoms with van der Waals surface area (Å²) in [5.74, 6) is -0.797. The molecular weight excluding hydrogens is 319 g/mol. The molecule has 0 amide bonds. The zero-order valence-electron chi connectivity index (χ0n) is 6.79. The smallest absolute Gasteiger partial charge is 0.280 e. The number of aromatic hydroxyl groups is 1. The molecule has 0 aliphatic heterocycles. The molecule has 0 spiro atoms. The van der Waals surface area contributed by atoms with Gasteiger partial charge in [-0.25, -0.2) is 22.2 Å². The van der Waals surface area contributed by atoms with Crippen molar-refractivity contribution >= 4 is 35.7 Å². The summed E-state index contributed by atoms with van der Waals surface area (Å²) >= 11 is 2.64. The number of alkyl halides is 2. The molecule has 0 saturated carbocycles. The van der Waals surface area contributed by atoms with Crippen molar-refractivity contribution in [1.82, 2.24) is 4.98 Å². The highest BCUT2D eigenvalue weighted by atomic mass is 79.9. The average Bonchev–Trinajstić information content (AvgIpc) is 2.06. The van der Waals surface area contributed by atoms with Crippen LogP contribution in [-0.2, 0) is 9.05 Å². The van der Waals surface area contributed by atoms with Gasteiger partial charge in [0.2, 0.25) is 0 Å². The fourth-order valence-corrected chi connectivity index (χ4v) is 2.29. The molecule has 0 saturated heterocycles. The van der Waals surface area contributed by atoms with Crippen LogP contribution in [0.25, 0.3) is 0 Å². The van der Waals surface area contributed by atoms with Gasteiger partial charge in [-0.2, -0.15) is 0 Å². The van der Waals surface area contributed by atoms with Gasteiger partial charge in [-0.15, -0.1) is 0 Å². The molecule has 0 fully saturated rings. The van der Waals surface area contributed by atoms with Gasteiger partial charge < -0.3 is 5.11 Å². The number of rotatable bonds is 2. The van der Waals surface area contributed by atoms with Gasteiger partial charge >= 0.3 is 0 Å². The van der Waals surface area contributed by atoms with Crippen molar-refractivity contribution in [3.05, 3.63) is 16.4 Å². The molecule has 0 aromatic carbocycles. The zero-order chi connectivity index (χ0) is 11.8. The van der Waals surface area contributed by atoms with Crippen LogP contribution in [0.15, 0.2) is 15.6 Å². The van der Waals surface area contributed by atoms with Gasteiger partial charge in [-0.05, 0) is 22.0 Å². The number of halogens is 4. The number of nitrogens with zero attached hydrogens (tertiary/aromatic N) is 1. The van der Waals surface area contributed by atoms with Gasteiger partial charge in [0.05, 0.1) is 0 Å². The van der Waals surface area contributed by atoms with E-state index in [0.717, 1.165) is 0 Å². The predicted octanol–water partition coefficient (Wildman–Crippen LogP) is 2.41. The SMILES string of the molecule is O=S(=O)(Cl)c1cc(C(F)F)nc(Br)c1O. The Labute approximate surface area is 96.4 Å². The highest BCUT2D eigenvalue weighted by molar-refractivity contribution is 9.10. The van der Waals surface area contributed by atoms with E-state index in [2.05, 4.69) is 20.9 Å². The Morgan fingerprint density at radius 2 is 2.07 bits per heavy atom. The molecule has 1 N–H and O–H groups in total. The van der Waals surface area contributed by atoms with E-state index in [0.29, 0.717) is 6.07 Å². The summed E-state index contributed by atoms with van der Waals surface area (Å²) in [7, 11) is 0.638. The van der Waals surface area contributed by atoms with Crippen LogP contribution < -0.4 is 0 Å². The molecule has 84 valence electrons. The summed E-state index contributed by atoms with van der Waals surface area (Å²) in [6, 6.07) is 0.521. The van der Waals surface area contributed by atoms with E-state index in [1.54, 1.807) is 0 Å². The lowest BCUT2D eigenvalue weighted by Crippen LogP contribution is -1.98. The maximum atomic E-state index is 12.2. The maximum Gasteiger partial charge on any atom is 0.280 e. The normalized spacial score (nSPS) is 12.1. The molecule has 15 heavy (non-hydrogen) atoms. The van der Waals surface area contributed by atoms with Crippen LogP contribution in [0.2, 0.25) is 0 Å². The highest BCUT2D eigenvalue weighted by Crippen LogP contribution is 2.34.